The molecule has 1 atom stereocenters. The van der Waals surface area contributed by atoms with Crippen LogP contribution in [0, 0.1) is 5.92 Å². The highest BCUT2D eigenvalue weighted by Crippen LogP contribution is 2.31. The van der Waals surface area contributed by atoms with Gasteiger partial charge in [-0.15, -0.1) is 0 Å². The van der Waals surface area contributed by atoms with E-state index in [-0.39, 0.29) is 0 Å². The van der Waals surface area contributed by atoms with E-state index in [4.69, 9.17) is 4.74 Å². The van der Waals surface area contributed by atoms with Crippen molar-refractivity contribution in [1.82, 2.24) is 4.98 Å². The lowest BCUT2D eigenvalue weighted by Gasteiger charge is -2.19. The average Bonchev–Trinajstić information content (AvgIpc) is 2.30. The molecule has 2 heteroatoms. The van der Waals surface area contributed by atoms with Crippen molar-refractivity contribution in [3.8, 4) is 5.75 Å². The van der Waals surface area contributed by atoms with E-state index in [1.807, 2.05) is 12.1 Å². The summed E-state index contributed by atoms with van der Waals surface area (Å²) in [4.78, 5) is 4.43. The molecule has 1 heterocycles. The summed E-state index contributed by atoms with van der Waals surface area (Å²) in [5.74, 6) is 1.46. The Labute approximate surface area is 91.0 Å². The van der Waals surface area contributed by atoms with E-state index in [2.05, 4.69) is 18.0 Å². The highest BCUT2D eigenvalue weighted by atomic mass is 16.5. The van der Waals surface area contributed by atoms with Gasteiger partial charge < -0.3 is 4.74 Å². The van der Waals surface area contributed by atoms with E-state index in [0.29, 0.717) is 5.92 Å². The van der Waals surface area contributed by atoms with Crippen molar-refractivity contribution in [3.63, 3.8) is 0 Å². The van der Waals surface area contributed by atoms with Gasteiger partial charge in [0.1, 0.15) is 5.75 Å². The minimum atomic E-state index is 0.639. The second-order valence-corrected chi connectivity index (χ2v) is 4.07. The molecule has 1 aromatic rings. The van der Waals surface area contributed by atoms with E-state index in [0.717, 1.165) is 11.4 Å². The molecule has 2 rings (SSSR count). The summed E-state index contributed by atoms with van der Waals surface area (Å²) < 4.78 is 5.10. The van der Waals surface area contributed by atoms with E-state index in [1.165, 1.54) is 24.8 Å². The van der Waals surface area contributed by atoms with Crippen LogP contribution in [-0.4, -0.2) is 12.1 Å². The third kappa shape index (κ3) is 2.20. The van der Waals surface area contributed by atoms with Crippen LogP contribution in [0.2, 0.25) is 0 Å². The van der Waals surface area contributed by atoms with Crippen molar-refractivity contribution in [1.29, 1.82) is 0 Å². The quantitative estimate of drug-likeness (QED) is 0.735. The maximum absolute atomic E-state index is 5.10. The molecule has 0 aliphatic heterocycles. The summed E-state index contributed by atoms with van der Waals surface area (Å²) in [6.45, 7) is 2.27. The van der Waals surface area contributed by atoms with Gasteiger partial charge in [-0.05, 0) is 42.9 Å². The highest BCUT2D eigenvalue weighted by Gasteiger charge is 2.15. The molecule has 1 aromatic heterocycles. The predicted octanol–water partition coefficient (Wildman–Crippen LogP) is 3.29. The third-order valence-electron chi connectivity index (χ3n) is 3.00. The van der Waals surface area contributed by atoms with E-state index in [9.17, 15) is 0 Å². The van der Waals surface area contributed by atoms with Gasteiger partial charge in [0.05, 0.1) is 19.0 Å². The molecule has 15 heavy (non-hydrogen) atoms. The number of allylic oxidation sites excluding steroid dienone is 2. The van der Waals surface area contributed by atoms with Crippen LogP contribution in [0.4, 0.5) is 0 Å². The zero-order valence-electron chi connectivity index (χ0n) is 9.36. The van der Waals surface area contributed by atoms with Gasteiger partial charge in [0.2, 0.25) is 0 Å². The minimum absolute atomic E-state index is 0.639. The smallest absolute Gasteiger partial charge is 0.137 e. The SMILES string of the molecule is COc1ccc(C2=CCCC[C@H]2C)nc1. The van der Waals surface area contributed by atoms with Gasteiger partial charge in [0.15, 0.2) is 0 Å². The number of hydrogen-bond donors (Lipinski definition) is 0. The summed E-state index contributed by atoms with van der Waals surface area (Å²) in [6, 6.07) is 4.02. The van der Waals surface area contributed by atoms with E-state index in [1.54, 1.807) is 13.3 Å². The average molecular weight is 203 g/mol. The molecule has 0 unspecified atom stereocenters. The molecule has 0 amide bonds. The summed E-state index contributed by atoms with van der Waals surface area (Å²) in [7, 11) is 1.67. The molecule has 0 aromatic carbocycles. The van der Waals surface area contributed by atoms with Gasteiger partial charge >= 0.3 is 0 Å². The van der Waals surface area contributed by atoms with Crippen LogP contribution in [0.15, 0.2) is 24.4 Å². The molecule has 2 nitrogen and oxygen atoms in total. The fourth-order valence-electron chi connectivity index (χ4n) is 2.07. The van der Waals surface area contributed by atoms with Crippen molar-refractivity contribution >= 4 is 5.57 Å². The molecule has 0 saturated carbocycles. The first-order chi connectivity index (χ1) is 7.31. The van der Waals surface area contributed by atoms with Crippen LogP contribution in [0.25, 0.3) is 5.57 Å². The van der Waals surface area contributed by atoms with Crippen LogP contribution in [0.5, 0.6) is 5.75 Å². The Balaban J connectivity index is 2.24. The normalized spacial score (nSPS) is 20.9. The van der Waals surface area contributed by atoms with Gasteiger partial charge in [-0.3, -0.25) is 4.98 Å². The van der Waals surface area contributed by atoms with Crippen molar-refractivity contribution < 1.29 is 4.74 Å². The molecular formula is C13H17NO. The summed E-state index contributed by atoms with van der Waals surface area (Å²) in [6.07, 6.45) is 7.88. The number of aromatic nitrogens is 1. The van der Waals surface area contributed by atoms with Gasteiger partial charge in [-0.25, -0.2) is 0 Å². The van der Waals surface area contributed by atoms with Crippen LogP contribution in [-0.2, 0) is 0 Å². The zero-order valence-corrected chi connectivity index (χ0v) is 9.36. The number of hydrogen-bond acceptors (Lipinski definition) is 2. The monoisotopic (exact) mass is 203 g/mol. The number of pyridine rings is 1. The number of rotatable bonds is 2. The topological polar surface area (TPSA) is 22.1 Å². The zero-order chi connectivity index (χ0) is 10.7. The Morgan fingerprint density at radius 3 is 2.87 bits per heavy atom. The standard InChI is InChI=1S/C13H17NO/c1-10-5-3-4-6-12(10)13-8-7-11(15-2)9-14-13/h6-10H,3-5H2,1-2H3/t10-/m1/s1. The molecular weight excluding hydrogens is 186 g/mol. The number of methoxy groups -OCH3 is 1. The maximum Gasteiger partial charge on any atom is 0.137 e. The van der Waals surface area contributed by atoms with Crippen molar-refractivity contribution in [2.24, 2.45) is 5.92 Å². The van der Waals surface area contributed by atoms with Gasteiger partial charge in [0.25, 0.3) is 0 Å². The van der Waals surface area contributed by atoms with Crippen LogP contribution >= 0.6 is 0 Å². The van der Waals surface area contributed by atoms with Crippen molar-refractivity contribution in [2.45, 2.75) is 26.2 Å². The maximum atomic E-state index is 5.10. The van der Waals surface area contributed by atoms with Crippen LogP contribution < -0.4 is 4.74 Å². The van der Waals surface area contributed by atoms with Crippen LogP contribution in [0.1, 0.15) is 31.9 Å². The third-order valence-corrected chi connectivity index (χ3v) is 3.00. The van der Waals surface area contributed by atoms with Crippen LogP contribution in [0.3, 0.4) is 0 Å². The Morgan fingerprint density at radius 2 is 2.27 bits per heavy atom. The Hall–Kier alpha value is -1.31. The van der Waals surface area contributed by atoms with Crippen molar-refractivity contribution in [2.75, 3.05) is 7.11 Å². The van der Waals surface area contributed by atoms with Gasteiger partial charge in [0, 0.05) is 0 Å². The number of ether oxygens (including phenoxy) is 1. The molecule has 0 radical (unpaired) electrons. The largest absolute Gasteiger partial charge is 0.495 e. The van der Waals surface area contributed by atoms with Crippen molar-refractivity contribution in [3.05, 3.63) is 30.1 Å². The first-order valence-corrected chi connectivity index (χ1v) is 5.51. The fourth-order valence-corrected chi connectivity index (χ4v) is 2.07. The Kier molecular flexibility index (Phi) is 3.05. The first-order valence-electron chi connectivity index (χ1n) is 5.51. The first kappa shape index (κ1) is 10.2. The molecule has 0 spiro atoms. The lowest BCUT2D eigenvalue weighted by Crippen LogP contribution is -2.05. The van der Waals surface area contributed by atoms with Gasteiger partial charge in [-0.1, -0.05) is 13.0 Å². The highest BCUT2D eigenvalue weighted by molar-refractivity contribution is 5.65. The summed E-state index contributed by atoms with van der Waals surface area (Å²) >= 11 is 0. The lowest BCUT2D eigenvalue weighted by atomic mass is 9.87. The lowest BCUT2D eigenvalue weighted by molar-refractivity contribution is 0.412. The van der Waals surface area contributed by atoms with E-state index >= 15 is 0 Å². The fraction of sp³-hybridized carbons (Fsp3) is 0.462. The molecule has 0 bridgehead atoms. The summed E-state index contributed by atoms with van der Waals surface area (Å²) in [5, 5.41) is 0. The molecule has 80 valence electrons. The second kappa shape index (κ2) is 4.47. The Bertz CT molecular complexity index is 353. The van der Waals surface area contributed by atoms with Gasteiger partial charge in [-0.2, -0.15) is 0 Å². The minimum Gasteiger partial charge on any atom is -0.495 e. The second-order valence-electron chi connectivity index (χ2n) is 4.07. The molecule has 0 saturated heterocycles. The molecule has 0 N–H and O–H groups in total. The van der Waals surface area contributed by atoms with E-state index < -0.39 is 0 Å². The number of nitrogens with zero attached hydrogens (tertiary/aromatic N) is 1. The summed E-state index contributed by atoms with van der Waals surface area (Å²) in [5.41, 5.74) is 2.49. The predicted molar refractivity (Wildman–Crippen MR) is 61.8 cm³/mol. The molecule has 0 fully saturated rings. The molecule has 1 aliphatic rings. The molecule has 1 aliphatic carbocycles. The Morgan fingerprint density at radius 1 is 1.40 bits per heavy atom.